The lowest BCUT2D eigenvalue weighted by atomic mass is 9.88. The molecule has 0 bridgehead atoms. The number of nitro benzene ring substituents is 1. The quantitative estimate of drug-likeness (QED) is 0.655. The van der Waals surface area contributed by atoms with Crippen molar-refractivity contribution >= 4 is 21.6 Å². The molecule has 1 aromatic carbocycles. The van der Waals surface area contributed by atoms with Crippen LogP contribution >= 0.6 is 15.9 Å². The Morgan fingerprint density at radius 1 is 1.55 bits per heavy atom. The standard InChI is InChI=1S/C13H16BrNO5/c1-3-19-13-10(16)6-11(13)20-12-7(2)4-8(14)5-9(12)15(17)18/h4-5,10-11,13,16H,3,6H2,1-2H3. The summed E-state index contributed by atoms with van der Waals surface area (Å²) in [6.45, 7) is 4.04. The Morgan fingerprint density at radius 2 is 2.25 bits per heavy atom. The van der Waals surface area contributed by atoms with Crippen LogP contribution in [0, 0.1) is 17.0 Å². The van der Waals surface area contributed by atoms with Gasteiger partial charge in [0.05, 0.1) is 11.0 Å². The lowest BCUT2D eigenvalue weighted by Gasteiger charge is -2.40. The van der Waals surface area contributed by atoms with Gasteiger partial charge in [-0.25, -0.2) is 0 Å². The van der Waals surface area contributed by atoms with Gasteiger partial charge in [0.2, 0.25) is 5.75 Å². The van der Waals surface area contributed by atoms with Crippen LogP contribution in [0.1, 0.15) is 18.9 Å². The van der Waals surface area contributed by atoms with E-state index in [1.54, 1.807) is 13.0 Å². The maximum absolute atomic E-state index is 11.1. The molecule has 6 nitrogen and oxygen atoms in total. The summed E-state index contributed by atoms with van der Waals surface area (Å²) in [6.07, 6.45) is -0.946. The van der Waals surface area contributed by atoms with Crippen LogP contribution in [0.25, 0.3) is 0 Å². The van der Waals surface area contributed by atoms with Gasteiger partial charge in [-0.2, -0.15) is 0 Å². The molecule has 0 aliphatic heterocycles. The molecule has 0 saturated heterocycles. The first-order chi connectivity index (χ1) is 9.43. The van der Waals surface area contributed by atoms with Crippen LogP contribution in [0.15, 0.2) is 16.6 Å². The molecule has 7 heteroatoms. The average Bonchev–Trinajstić information content (AvgIpc) is 2.37. The minimum atomic E-state index is -0.574. The Hall–Kier alpha value is -1.18. The van der Waals surface area contributed by atoms with Gasteiger partial charge in [-0.3, -0.25) is 10.1 Å². The molecule has 3 unspecified atom stereocenters. The zero-order valence-electron chi connectivity index (χ0n) is 11.2. The van der Waals surface area contributed by atoms with Crippen molar-refractivity contribution in [2.24, 2.45) is 0 Å². The van der Waals surface area contributed by atoms with Gasteiger partial charge in [-0.1, -0.05) is 15.9 Å². The van der Waals surface area contributed by atoms with E-state index in [9.17, 15) is 15.2 Å². The molecule has 2 rings (SSSR count). The minimum absolute atomic E-state index is 0.0893. The van der Waals surface area contributed by atoms with Crippen molar-refractivity contribution in [3.63, 3.8) is 0 Å². The molecule has 1 aromatic rings. The molecular weight excluding hydrogens is 330 g/mol. The third-order valence-corrected chi connectivity index (χ3v) is 3.72. The molecule has 0 heterocycles. The van der Waals surface area contributed by atoms with E-state index in [0.717, 1.165) is 0 Å². The van der Waals surface area contributed by atoms with Crippen molar-refractivity contribution in [3.05, 3.63) is 32.3 Å². The Labute approximate surface area is 125 Å². The zero-order chi connectivity index (χ0) is 14.9. The summed E-state index contributed by atoms with van der Waals surface area (Å²) in [4.78, 5) is 10.6. The van der Waals surface area contributed by atoms with Gasteiger partial charge in [0.25, 0.3) is 0 Å². The average molecular weight is 346 g/mol. The van der Waals surface area contributed by atoms with Gasteiger partial charge >= 0.3 is 5.69 Å². The first kappa shape index (κ1) is 15.2. The number of aliphatic hydroxyl groups excluding tert-OH is 1. The summed E-state index contributed by atoms with van der Waals surface area (Å²) < 4.78 is 11.7. The number of nitro groups is 1. The molecule has 0 amide bonds. The maximum Gasteiger partial charge on any atom is 0.312 e. The zero-order valence-corrected chi connectivity index (χ0v) is 12.8. The molecule has 0 spiro atoms. The Balaban J connectivity index is 2.23. The molecule has 1 aliphatic carbocycles. The Morgan fingerprint density at radius 3 is 2.80 bits per heavy atom. The largest absolute Gasteiger partial charge is 0.480 e. The summed E-state index contributed by atoms with van der Waals surface area (Å²) in [5.41, 5.74) is 0.580. The first-order valence-corrected chi connectivity index (χ1v) is 7.14. The number of rotatable bonds is 5. The molecular formula is C13H16BrNO5. The highest BCUT2D eigenvalue weighted by Gasteiger charge is 2.43. The van der Waals surface area contributed by atoms with E-state index in [-0.39, 0.29) is 17.5 Å². The van der Waals surface area contributed by atoms with E-state index < -0.39 is 17.1 Å². The van der Waals surface area contributed by atoms with Crippen molar-refractivity contribution in [1.82, 2.24) is 0 Å². The van der Waals surface area contributed by atoms with Crippen LogP contribution in [0.4, 0.5) is 5.69 Å². The molecule has 110 valence electrons. The summed E-state index contributed by atoms with van der Waals surface area (Å²) in [7, 11) is 0. The van der Waals surface area contributed by atoms with E-state index in [1.807, 2.05) is 6.92 Å². The highest BCUT2D eigenvalue weighted by atomic mass is 79.9. The van der Waals surface area contributed by atoms with E-state index in [4.69, 9.17) is 9.47 Å². The second-order valence-corrected chi connectivity index (χ2v) is 5.62. The predicted octanol–water partition coefficient (Wildman–Crippen LogP) is 2.58. The number of aryl methyl sites for hydroxylation is 1. The number of ether oxygens (including phenoxy) is 2. The molecule has 0 aromatic heterocycles. The van der Waals surface area contributed by atoms with Crippen molar-refractivity contribution in [2.75, 3.05) is 6.61 Å². The van der Waals surface area contributed by atoms with Crippen molar-refractivity contribution in [2.45, 2.75) is 38.6 Å². The second-order valence-electron chi connectivity index (χ2n) is 4.71. The van der Waals surface area contributed by atoms with Gasteiger partial charge in [0.15, 0.2) is 0 Å². The third-order valence-electron chi connectivity index (χ3n) is 3.26. The first-order valence-electron chi connectivity index (χ1n) is 6.35. The SMILES string of the molecule is CCOC1C(O)CC1Oc1c(C)cc(Br)cc1[N+](=O)[O-]. The summed E-state index contributed by atoms with van der Waals surface area (Å²) in [5, 5.41) is 20.7. The van der Waals surface area contributed by atoms with E-state index >= 15 is 0 Å². The fourth-order valence-electron chi connectivity index (χ4n) is 2.24. The van der Waals surface area contributed by atoms with Gasteiger partial charge in [-0.05, 0) is 25.5 Å². The van der Waals surface area contributed by atoms with Gasteiger partial charge in [0.1, 0.15) is 12.2 Å². The fraction of sp³-hybridized carbons (Fsp3) is 0.538. The van der Waals surface area contributed by atoms with E-state index in [2.05, 4.69) is 15.9 Å². The Kier molecular flexibility index (Phi) is 4.62. The van der Waals surface area contributed by atoms with Crippen molar-refractivity contribution in [3.8, 4) is 5.75 Å². The van der Waals surface area contributed by atoms with Crippen molar-refractivity contribution in [1.29, 1.82) is 0 Å². The lowest BCUT2D eigenvalue weighted by Crippen LogP contribution is -2.55. The molecule has 20 heavy (non-hydrogen) atoms. The van der Waals surface area contributed by atoms with E-state index in [0.29, 0.717) is 23.1 Å². The fourth-order valence-corrected chi connectivity index (χ4v) is 2.80. The van der Waals surface area contributed by atoms with Crippen LogP contribution in [-0.4, -0.2) is 34.9 Å². The molecule has 1 saturated carbocycles. The summed E-state index contributed by atoms with van der Waals surface area (Å²) in [6, 6.07) is 3.17. The number of benzene rings is 1. The minimum Gasteiger partial charge on any atom is -0.480 e. The number of aliphatic hydroxyl groups is 1. The normalized spacial score (nSPS) is 25.1. The van der Waals surface area contributed by atoms with Crippen LogP contribution < -0.4 is 4.74 Å². The van der Waals surface area contributed by atoms with Gasteiger partial charge < -0.3 is 14.6 Å². The van der Waals surface area contributed by atoms with Crippen LogP contribution in [0.3, 0.4) is 0 Å². The topological polar surface area (TPSA) is 81.8 Å². The highest BCUT2D eigenvalue weighted by molar-refractivity contribution is 9.10. The second kappa shape index (κ2) is 6.07. The number of hydrogen-bond donors (Lipinski definition) is 1. The van der Waals surface area contributed by atoms with Gasteiger partial charge in [-0.15, -0.1) is 0 Å². The van der Waals surface area contributed by atoms with Crippen LogP contribution in [0.2, 0.25) is 0 Å². The van der Waals surface area contributed by atoms with Crippen LogP contribution in [-0.2, 0) is 4.74 Å². The molecule has 0 radical (unpaired) electrons. The van der Waals surface area contributed by atoms with E-state index in [1.165, 1.54) is 6.07 Å². The monoisotopic (exact) mass is 345 g/mol. The summed E-state index contributed by atoms with van der Waals surface area (Å²) >= 11 is 3.23. The third kappa shape index (κ3) is 2.94. The lowest BCUT2D eigenvalue weighted by molar-refractivity contribution is -0.386. The smallest absolute Gasteiger partial charge is 0.312 e. The Bertz CT molecular complexity index is 522. The molecule has 3 atom stereocenters. The number of hydrogen-bond acceptors (Lipinski definition) is 5. The number of halogens is 1. The van der Waals surface area contributed by atoms with Crippen LogP contribution in [0.5, 0.6) is 5.75 Å². The maximum atomic E-state index is 11.1. The molecule has 1 aliphatic rings. The highest BCUT2D eigenvalue weighted by Crippen LogP contribution is 2.38. The summed E-state index contributed by atoms with van der Waals surface area (Å²) in [5.74, 6) is 0.236. The number of nitrogens with zero attached hydrogens (tertiary/aromatic N) is 1. The molecule has 1 N–H and O–H groups in total. The van der Waals surface area contributed by atoms with Crippen molar-refractivity contribution < 1.29 is 19.5 Å². The molecule has 1 fully saturated rings. The van der Waals surface area contributed by atoms with Gasteiger partial charge in [0, 0.05) is 23.6 Å². The predicted molar refractivity (Wildman–Crippen MR) is 76.0 cm³/mol.